The maximum absolute atomic E-state index is 7.58. The smallest absolute Gasteiger partial charge is 0.350 e. The van der Waals surface area contributed by atoms with Crippen molar-refractivity contribution in [3.05, 3.63) is 0 Å². The Kier molecular flexibility index (Phi) is 15.5. The van der Waals surface area contributed by atoms with Crippen LogP contribution in [0, 0.1) is 0 Å². The molecular formula is C28H64O8Si4. The second-order valence-corrected chi connectivity index (χ2v) is 28.2. The molecule has 0 bridgehead atoms. The summed E-state index contributed by atoms with van der Waals surface area (Å²) < 4.78 is 56.3. The minimum absolute atomic E-state index is 0.0260. The van der Waals surface area contributed by atoms with Gasteiger partial charge >= 0.3 is 34.2 Å². The molecule has 1 aliphatic heterocycles. The van der Waals surface area contributed by atoms with Gasteiger partial charge in [-0.15, -0.1) is 0 Å². The highest BCUT2D eigenvalue weighted by Crippen LogP contribution is 2.43. The van der Waals surface area contributed by atoms with Crippen LogP contribution < -0.4 is 0 Å². The molecule has 1 heterocycles. The number of hydrogen-bond donors (Lipinski definition) is 0. The minimum atomic E-state index is -3.12. The van der Waals surface area contributed by atoms with Crippen molar-refractivity contribution in [3.63, 3.8) is 0 Å². The summed E-state index contributed by atoms with van der Waals surface area (Å²) in [4.78, 5) is 0. The van der Waals surface area contributed by atoms with Crippen molar-refractivity contribution < 1.29 is 35.4 Å². The van der Waals surface area contributed by atoms with Crippen molar-refractivity contribution in [2.75, 3.05) is 0 Å². The third-order valence-electron chi connectivity index (χ3n) is 7.74. The van der Waals surface area contributed by atoms with E-state index < -0.39 is 34.2 Å². The molecule has 0 saturated carbocycles. The maximum Gasteiger partial charge on any atom is 0.350 e. The lowest BCUT2D eigenvalue weighted by molar-refractivity contribution is -0.00537. The zero-order valence-corrected chi connectivity index (χ0v) is 32.7. The van der Waals surface area contributed by atoms with Gasteiger partial charge in [0.15, 0.2) is 0 Å². The van der Waals surface area contributed by atoms with E-state index in [0.717, 1.165) is 0 Å². The van der Waals surface area contributed by atoms with Gasteiger partial charge in [-0.3, -0.25) is 0 Å². The van der Waals surface area contributed by atoms with Gasteiger partial charge in [0.25, 0.3) is 0 Å². The summed E-state index contributed by atoms with van der Waals surface area (Å²) in [7, 11) is -12.5. The van der Waals surface area contributed by atoms with Crippen LogP contribution in [0.4, 0.5) is 0 Å². The zero-order chi connectivity index (χ0) is 31.1. The standard InChI is InChI=1S/C28H64O8Si4/c1-17-37(25(13)29-21(5)6)33-38(18-2,26(14)30-22(7)8)35-40(20-4,28(16)32-24(11)12)36-39(19-3,34-37)27(15)31-23(9)10/h21-28H,17-20H2,1-16H3. The zero-order valence-electron chi connectivity index (χ0n) is 28.7. The third kappa shape index (κ3) is 9.27. The molecule has 12 heteroatoms. The van der Waals surface area contributed by atoms with Gasteiger partial charge in [0.1, 0.15) is 0 Å². The van der Waals surface area contributed by atoms with E-state index in [1.165, 1.54) is 0 Å². The van der Waals surface area contributed by atoms with E-state index in [2.05, 4.69) is 111 Å². The maximum atomic E-state index is 7.58. The van der Waals surface area contributed by atoms with Gasteiger partial charge < -0.3 is 35.4 Å². The largest absolute Gasteiger partial charge is 0.412 e. The predicted molar refractivity (Wildman–Crippen MR) is 172 cm³/mol. The SMILES string of the molecule is CC[Si]1(C(C)OC(C)C)O[Si](CC)(C(C)OC(C)C)O[Si](CC)(C(C)OC(C)C)O[Si](CC)(C(C)OC(C)C)O1. The second-order valence-electron chi connectivity index (χ2n) is 12.4. The molecule has 0 aromatic heterocycles. The van der Waals surface area contributed by atoms with Gasteiger partial charge in [-0.25, -0.2) is 0 Å². The molecule has 0 amide bonds. The Morgan fingerprint density at radius 3 is 0.600 bits per heavy atom. The third-order valence-corrected chi connectivity index (χ3v) is 28.2. The lowest BCUT2D eigenvalue weighted by atomic mass is 10.5. The summed E-state index contributed by atoms with van der Waals surface area (Å²) in [5, 5.41) is 0. The molecule has 8 nitrogen and oxygen atoms in total. The van der Waals surface area contributed by atoms with Crippen LogP contribution in [0.5, 0.6) is 0 Å². The van der Waals surface area contributed by atoms with Crippen LogP contribution >= 0.6 is 0 Å². The molecule has 0 aliphatic carbocycles. The highest BCUT2D eigenvalue weighted by atomic mass is 28.5. The van der Waals surface area contributed by atoms with Gasteiger partial charge in [-0.2, -0.15) is 0 Å². The fraction of sp³-hybridized carbons (Fsp3) is 1.00. The first-order chi connectivity index (χ1) is 18.4. The van der Waals surface area contributed by atoms with E-state index >= 15 is 0 Å². The first-order valence-electron chi connectivity index (χ1n) is 15.8. The summed E-state index contributed by atoms with van der Waals surface area (Å²) >= 11 is 0. The molecule has 1 fully saturated rings. The van der Waals surface area contributed by atoms with E-state index in [-0.39, 0.29) is 47.3 Å². The molecule has 40 heavy (non-hydrogen) atoms. The molecule has 4 atom stereocenters. The summed E-state index contributed by atoms with van der Waals surface area (Å²) in [5.41, 5.74) is -0.947. The lowest BCUT2D eigenvalue weighted by Gasteiger charge is -2.57. The van der Waals surface area contributed by atoms with Crippen LogP contribution in [-0.4, -0.2) is 81.6 Å². The number of ether oxygens (including phenoxy) is 4. The van der Waals surface area contributed by atoms with Crippen LogP contribution in [0.3, 0.4) is 0 Å². The minimum Gasteiger partial charge on any atom is -0.412 e. The molecule has 0 aromatic carbocycles. The Morgan fingerprint density at radius 2 is 0.500 bits per heavy atom. The first kappa shape index (κ1) is 38.6. The van der Waals surface area contributed by atoms with E-state index in [0.29, 0.717) is 24.2 Å². The molecule has 0 N–H and O–H groups in total. The molecule has 0 aromatic rings. The van der Waals surface area contributed by atoms with Gasteiger partial charge in [-0.1, -0.05) is 27.7 Å². The average Bonchev–Trinajstić information content (AvgIpc) is 2.83. The van der Waals surface area contributed by atoms with Crippen LogP contribution in [0.1, 0.15) is 111 Å². The van der Waals surface area contributed by atoms with Crippen LogP contribution in [0.25, 0.3) is 0 Å². The van der Waals surface area contributed by atoms with Crippen LogP contribution in [-0.2, 0) is 35.4 Å². The lowest BCUT2D eigenvalue weighted by Crippen LogP contribution is -2.79. The van der Waals surface area contributed by atoms with E-state index in [9.17, 15) is 0 Å². The van der Waals surface area contributed by atoms with Crippen molar-refractivity contribution in [2.24, 2.45) is 0 Å². The summed E-state index contributed by atoms with van der Waals surface area (Å²) in [5.74, 6) is 0. The summed E-state index contributed by atoms with van der Waals surface area (Å²) in [6.45, 7) is 33.6. The molecular weight excluding hydrogens is 577 g/mol. The van der Waals surface area contributed by atoms with Crippen molar-refractivity contribution in [1.29, 1.82) is 0 Å². The highest BCUT2D eigenvalue weighted by Gasteiger charge is 2.67. The Morgan fingerprint density at radius 1 is 0.350 bits per heavy atom. The van der Waals surface area contributed by atoms with Crippen molar-refractivity contribution in [1.82, 2.24) is 0 Å². The Bertz CT molecular complexity index is 611. The Hall–Kier alpha value is 0.548. The second kappa shape index (κ2) is 16.0. The number of hydrogen-bond acceptors (Lipinski definition) is 8. The quantitative estimate of drug-likeness (QED) is 0.163. The normalized spacial score (nSPS) is 33.3. The molecule has 0 radical (unpaired) electrons. The highest BCUT2D eigenvalue weighted by molar-refractivity contribution is 6.96. The topological polar surface area (TPSA) is 73.8 Å². The summed E-state index contributed by atoms with van der Waals surface area (Å²) in [6, 6.07) is 2.83. The Balaban J connectivity index is 4.08. The van der Waals surface area contributed by atoms with Crippen molar-refractivity contribution in [3.8, 4) is 0 Å². The van der Waals surface area contributed by atoms with Crippen LogP contribution in [0.2, 0.25) is 24.2 Å². The van der Waals surface area contributed by atoms with E-state index in [1.54, 1.807) is 0 Å². The molecule has 1 saturated heterocycles. The molecule has 1 aliphatic rings. The van der Waals surface area contributed by atoms with Gasteiger partial charge in [-0.05, 0) is 107 Å². The average molecular weight is 641 g/mol. The van der Waals surface area contributed by atoms with Crippen molar-refractivity contribution in [2.45, 2.75) is 182 Å². The Labute approximate surface area is 251 Å². The van der Waals surface area contributed by atoms with E-state index in [4.69, 9.17) is 35.4 Å². The molecule has 1 rings (SSSR count). The summed E-state index contributed by atoms with van der Waals surface area (Å²) in [6.07, 6.45) is 0.104. The molecule has 0 spiro atoms. The van der Waals surface area contributed by atoms with Crippen molar-refractivity contribution >= 4 is 34.2 Å². The first-order valence-corrected chi connectivity index (χ1v) is 24.2. The monoisotopic (exact) mass is 640 g/mol. The fourth-order valence-electron chi connectivity index (χ4n) is 5.69. The fourth-order valence-corrected chi connectivity index (χ4v) is 31.4. The number of rotatable bonds is 16. The van der Waals surface area contributed by atoms with Gasteiger partial charge in [0.2, 0.25) is 0 Å². The van der Waals surface area contributed by atoms with Crippen LogP contribution in [0.15, 0.2) is 0 Å². The van der Waals surface area contributed by atoms with Gasteiger partial charge in [0.05, 0.1) is 47.3 Å². The van der Waals surface area contributed by atoms with E-state index in [1.807, 2.05) is 0 Å². The predicted octanol–water partition coefficient (Wildman–Crippen LogP) is 7.33. The van der Waals surface area contributed by atoms with Gasteiger partial charge in [0, 0.05) is 0 Å². The molecule has 4 unspecified atom stereocenters. The molecule has 240 valence electrons.